The molecule has 0 aliphatic carbocycles. The molecule has 0 bridgehead atoms. The van der Waals surface area contributed by atoms with Gasteiger partial charge in [-0.1, -0.05) is 53.9 Å². The zero-order valence-corrected chi connectivity index (χ0v) is 23.3. The second kappa shape index (κ2) is 12.1. The van der Waals surface area contributed by atoms with Gasteiger partial charge in [-0.05, 0) is 57.9 Å². The van der Waals surface area contributed by atoms with Gasteiger partial charge in [-0.3, -0.25) is 13.9 Å². The molecule has 192 valence electrons. The van der Waals surface area contributed by atoms with Crippen molar-refractivity contribution in [2.45, 2.75) is 59.7 Å². The minimum absolute atomic E-state index is 0.0498. The highest BCUT2D eigenvalue weighted by molar-refractivity contribution is 7.92. The third-order valence-electron chi connectivity index (χ3n) is 5.51. The van der Waals surface area contributed by atoms with E-state index < -0.39 is 28.5 Å². The van der Waals surface area contributed by atoms with Crippen LogP contribution in [-0.4, -0.2) is 50.0 Å². The van der Waals surface area contributed by atoms with Gasteiger partial charge in [0.2, 0.25) is 21.8 Å². The summed E-state index contributed by atoms with van der Waals surface area (Å²) >= 11 is 12.7. The first kappa shape index (κ1) is 28.9. The van der Waals surface area contributed by atoms with Crippen LogP contribution < -0.4 is 9.62 Å². The van der Waals surface area contributed by atoms with Gasteiger partial charge in [-0.2, -0.15) is 0 Å². The Morgan fingerprint density at radius 3 is 2.14 bits per heavy atom. The van der Waals surface area contributed by atoms with E-state index >= 15 is 0 Å². The number of anilines is 1. The number of amides is 2. The van der Waals surface area contributed by atoms with E-state index in [1.807, 2.05) is 26.8 Å². The number of sulfonamides is 1. The van der Waals surface area contributed by atoms with E-state index in [-0.39, 0.29) is 18.5 Å². The molecule has 0 saturated heterocycles. The second-order valence-corrected chi connectivity index (χ2v) is 11.6. The van der Waals surface area contributed by atoms with E-state index in [0.717, 1.165) is 16.1 Å². The van der Waals surface area contributed by atoms with Crippen LogP contribution in [0.5, 0.6) is 0 Å². The molecule has 2 aromatic carbocycles. The second-order valence-electron chi connectivity index (χ2n) is 8.87. The quantitative estimate of drug-likeness (QED) is 0.471. The Kier molecular flexibility index (Phi) is 10.0. The lowest BCUT2D eigenvalue weighted by atomic mass is 10.1. The van der Waals surface area contributed by atoms with Crippen molar-refractivity contribution in [2.75, 3.05) is 17.1 Å². The number of hydrogen-bond donors (Lipinski definition) is 1. The van der Waals surface area contributed by atoms with E-state index in [1.165, 1.54) is 4.90 Å². The molecule has 7 nitrogen and oxygen atoms in total. The van der Waals surface area contributed by atoms with Crippen molar-refractivity contribution >= 4 is 50.7 Å². The first-order valence-electron chi connectivity index (χ1n) is 11.3. The highest BCUT2D eigenvalue weighted by Crippen LogP contribution is 2.28. The summed E-state index contributed by atoms with van der Waals surface area (Å²) in [5.41, 5.74) is 2.57. The lowest BCUT2D eigenvalue weighted by molar-refractivity contribution is -0.140. The topological polar surface area (TPSA) is 86.8 Å². The van der Waals surface area contributed by atoms with Gasteiger partial charge in [0.25, 0.3) is 0 Å². The van der Waals surface area contributed by atoms with Gasteiger partial charge < -0.3 is 10.2 Å². The molecular formula is C25H33Cl2N3O4S. The van der Waals surface area contributed by atoms with Crippen LogP contribution in [0.25, 0.3) is 0 Å². The van der Waals surface area contributed by atoms with Gasteiger partial charge in [0, 0.05) is 28.2 Å². The van der Waals surface area contributed by atoms with Crippen LogP contribution in [0, 0.1) is 13.8 Å². The first-order valence-corrected chi connectivity index (χ1v) is 13.9. The molecule has 0 aromatic heterocycles. The molecule has 10 heteroatoms. The molecule has 0 aliphatic heterocycles. The molecule has 0 aliphatic rings. The predicted octanol–water partition coefficient (Wildman–Crippen LogP) is 4.71. The molecule has 1 atom stereocenters. The number of hydrogen-bond acceptors (Lipinski definition) is 4. The molecule has 2 amide bonds. The van der Waals surface area contributed by atoms with Gasteiger partial charge in [-0.15, -0.1) is 0 Å². The minimum atomic E-state index is -3.81. The van der Waals surface area contributed by atoms with Crippen molar-refractivity contribution in [2.24, 2.45) is 0 Å². The van der Waals surface area contributed by atoms with Crippen molar-refractivity contribution in [1.82, 2.24) is 10.2 Å². The van der Waals surface area contributed by atoms with E-state index in [9.17, 15) is 18.0 Å². The molecule has 0 unspecified atom stereocenters. The highest BCUT2D eigenvalue weighted by atomic mass is 35.5. The lowest BCUT2D eigenvalue weighted by Crippen LogP contribution is -2.53. The molecule has 2 aromatic rings. The summed E-state index contributed by atoms with van der Waals surface area (Å²) in [7, 11) is -3.81. The monoisotopic (exact) mass is 541 g/mol. The van der Waals surface area contributed by atoms with Crippen molar-refractivity contribution in [3.05, 3.63) is 63.1 Å². The standard InChI is InChI=1S/C25H33Cl2N3O4S/c1-7-22(25(32)28-16(2)3)29(14-19-20(26)9-8-10-21(19)27)24(31)15-30(35(6,33)34)23-12-11-17(4)13-18(23)5/h8-13,16,22H,7,14-15H2,1-6H3,(H,28,32)/t22-/m1/s1. The molecule has 0 radical (unpaired) electrons. The highest BCUT2D eigenvalue weighted by Gasteiger charge is 2.33. The smallest absolute Gasteiger partial charge is 0.244 e. The molecule has 2 rings (SSSR count). The summed E-state index contributed by atoms with van der Waals surface area (Å²) in [5, 5.41) is 3.55. The normalized spacial score (nSPS) is 12.4. The number of aryl methyl sites for hydroxylation is 2. The van der Waals surface area contributed by atoms with E-state index in [2.05, 4.69) is 5.32 Å². The summed E-state index contributed by atoms with van der Waals surface area (Å²) in [5.74, 6) is -0.881. The minimum Gasteiger partial charge on any atom is -0.352 e. The number of carbonyl (C=O) groups is 2. The van der Waals surface area contributed by atoms with Gasteiger partial charge >= 0.3 is 0 Å². The van der Waals surface area contributed by atoms with Gasteiger partial charge in [0.1, 0.15) is 12.6 Å². The summed E-state index contributed by atoms with van der Waals surface area (Å²) < 4.78 is 26.6. The van der Waals surface area contributed by atoms with Gasteiger partial charge in [0.15, 0.2) is 0 Å². The zero-order chi connectivity index (χ0) is 26.5. The Morgan fingerprint density at radius 2 is 1.66 bits per heavy atom. The average molecular weight is 543 g/mol. The first-order chi connectivity index (χ1) is 16.3. The number of carbonyl (C=O) groups excluding carboxylic acids is 2. The molecule has 0 saturated carbocycles. The molecule has 0 heterocycles. The largest absolute Gasteiger partial charge is 0.352 e. The number of nitrogens with zero attached hydrogens (tertiary/aromatic N) is 2. The Morgan fingerprint density at radius 1 is 1.06 bits per heavy atom. The maximum Gasteiger partial charge on any atom is 0.244 e. The van der Waals surface area contributed by atoms with Crippen molar-refractivity contribution < 1.29 is 18.0 Å². The third-order valence-corrected chi connectivity index (χ3v) is 7.34. The van der Waals surface area contributed by atoms with Crippen LogP contribution in [0.3, 0.4) is 0 Å². The van der Waals surface area contributed by atoms with Gasteiger partial charge in [0.05, 0.1) is 11.9 Å². The molecule has 0 spiro atoms. The number of rotatable bonds is 10. The number of nitrogens with one attached hydrogen (secondary N) is 1. The maximum absolute atomic E-state index is 13.7. The summed E-state index contributed by atoms with van der Waals surface area (Å²) in [6.45, 7) is 8.61. The molecule has 1 N–H and O–H groups in total. The summed E-state index contributed by atoms with van der Waals surface area (Å²) in [6, 6.07) is 9.32. The predicted molar refractivity (Wildman–Crippen MR) is 142 cm³/mol. The van der Waals surface area contributed by atoms with Crippen LogP contribution in [0.1, 0.15) is 43.9 Å². The zero-order valence-electron chi connectivity index (χ0n) is 20.9. The SMILES string of the molecule is CC[C@H](C(=O)NC(C)C)N(Cc1c(Cl)cccc1Cl)C(=O)CN(c1ccc(C)cc1C)S(C)(=O)=O. The van der Waals surface area contributed by atoms with Gasteiger partial charge in [-0.25, -0.2) is 8.42 Å². The maximum atomic E-state index is 13.7. The van der Waals surface area contributed by atoms with E-state index in [4.69, 9.17) is 23.2 Å². The average Bonchev–Trinajstić information content (AvgIpc) is 2.73. The Bertz CT molecular complexity index is 1160. The molecule has 35 heavy (non-hydrogen) atoms. The Balaban J connectivity index is 2.54. The number of halogens is 2. The fourth-order valence-electron chi connectivity index (χ4n) is 3.83. The fraction of sp³-hybridized carbons (Fsp3) is 0.440. The van der Waals surface area contributed by atoms with Crippen molar-refractivity contribution in [3.63, 3.8) is 0 Å². The van der Waals surface area contributed by atoms with Crippen LogP contribution in [-0.2, 0) is 26.2 Å². The third kappa shape index (κ3) is 7.59. The summed E-state index contributed by atoms with van der Waals surface area (Å²) in [6.07, 6.45) is 1.37. The lowest BCUT2D eigenvalue weighted by Gasteiger charge is -2.34. The van der Waals surface area contributed by atoms with E-state index in [0.29, 0.717) is 33.3 Å². The van der Waals surface area contributed by atoms with E-state index in [1.54, 1.807) is 44.2 Å². The van der Waals surface area contributed by atoms with Crippen molar-refractivity contribution in [1.29, 1.82) is 0 Å². The number of benzene rings is 2. The molecule has 0 fully saturated rings. The van der Waals surface area contributed by atoms with Crippen LogP contribution in [0.4, 0.5) is 5.69 Å². The van der Waals surface area contributed by atoms with Crippen LogP contribution in [0.15, 0.2) is 36.4 Å². The Labute approximate surface area is 218 Å². The summed E-state index contributed by atoms with van der Waals surface area (Å²) in [4.78, 5) is 28.1. The van der Waals surface area contributed by atoms with Crippen molar-refractivity contribution in [3.8, 4) is 0 Å². The Hall–Kier alpha value is -2.29. The van der Waals surface area contributed by atoms with Crippen LogP contribution >= 0.6 is 23.2 Å². The molecular weight excluding hydrogens is 509 g/mol. The van der Waals surface area contributed by atoms with Crippen LogP contribution in [0.2, 0.25) is 10.0 Å². The fourth-order valence-corrected chi connectivity index (χ4v) is 5.26.